The molecule has 0 saturated carbocycles. The Morgan fingerprint density at radius 2 is 1.75 bits per heavy atom. The molecule has 0 amide bonds. The van der Waals surface area contributed by atoms with Crippen molar-refractivity contribution in [3.8, 4) is 0 Å². The van der Waals surface area contributed by atoms with Gasteiger partial charge in [0.05, 0.1) is 0 Å². The Balaban J connectivity index is 5.09. The smallest absolute Gasteiger partial charge is 0.414 e. The van der Waals surface area contributed by atoms with Gasteiger partial charge < -0.3 is 4.43 Å². The third-order valence-corrected chi connectivity index (χ3v) is 10.1. The van der Waals surface area contributed by atoms with Gasteiger partial charge in [0, 0.05) is 12.6 Å². The van der Waals surface area contributed by atoms with Gasteiger partial charge in [0.25, 0.3) is 0 Å². The number of hydrogen-bond donors (Lipinski definition) is 1. The minimum Gasteiger partial charge on any atom is -0.414 e. The molecule has 0 aliphatic heterocycles. The van der Waals surface area contributed by atoms with Gasteiger partial charge in [0.1, 0.15) is 0 Å². The van der Waals surface area contributed by atoms with Gasteiger partial charge in [-0.2, -0.15) is 13.2 Å². The van der Waals surface area contributed by atoms with E-state index in [1.54, 1.807) is 17.7 Å². The maximum Gasteiger partial charge on any atom is 0.511 e. The summed E-state index contributed by atoms with van der Waals surface area (Å²) in [5.41, 5.74) is -5.30. The summed E-state index contributed by atoms with van der Waals surface area (Å²) in [7, 11) is -7.46. The average Bonchev–Trinajstić information content (AvgIpc) is 2.38. The summed E-state index contributed by atoms with van der Waals surface area (Å²) in [6, 6.07) is 0. The molecule has 4 nitrogen and oxygen atoms in total. The minimum atomic E-state index is -5.33. The lowest BCUT2D eigenvalue weighted by Gasteiger charge is -2.41. The quantitative estimate of drug-likeness (QED) is 0.469. The Hall–Kier alpha value is -0.383. The van der Waals surface area contributed by atoms with E-state index in [0.29, 0.717) is 12.8 Å². The van der Waals surface area contributed by atoms with E-state index in [0.717, 1.165) is 0 Å². The molecule has 0 aliphatic carbocycles. The van der Waals surface area contributed by atoms with Crippen molar-refractivity contribution < 1.29 is 26.0 Å². The molecule has 0 aromatic carbocycles. The van der Waals surface area contributed by atoms with E-state index < -0.39 is 29.8 Å². The van der Waals surface area contributed by atoms with Crippen molar-refractivity contribution in [3.63, 3.8) is 0 Å². The number of rotatable bonds is 9. The maximum absolute atomic E-state index is 12.4. The van der Waals surface area contributed by atoms with Crippen LogP contribution in [0.5, 0.6) is 0 Å². The predicted molar refractivity (Wildman–Crippen MR) is 93.6 cm³/mol. The molecule has 0 fully saturated rings. The number of allylic oxidation sites excluding steroid dienone is 1. The summed E-state index contributed by atoms with van der Waals surface area (Å²) in [6.45, 7) is 15.3. The molecule has 0 radical (unpaired) electrons. The van der Waals surface area contributed by atoms with Crippen molar-refractivity contribution in [1.29, 1.82) is 0 Å². The molecule has 0 aromatic heterocycles. The zero-order valence-electron chi connectivity index (χ0n) is 15.3. The van der Waals surface area contributed by atoms with Gasteiger partial charge >= 0.3 is 15.5 Å². The molecule has 0 spiro atoms. The first kappa shape index (κ1) is 23.6. The fraction of sp³-hybridized carbons (Fsp3) is 0.867. The molecule has 144 valence electrons. The molecule has 9 heteroatoms. The summed E-state index contributed by atoms with van der Waals surface area (Å²) >= 11 is 0. The van der Waals surface area contributed by atoms with Crippen LogP contribution in [0.1, 0.15) is 40.5 Å². The fourth-order valence-corrected chi connectivity index (χ4v) is 3.86. The third-order valence-electron chi connectivity index (χ3n) is 4.44. The minimum absolute atomic E-state index is 0.0510. The molecular weight excluding hydrogens is 359 g/mol. The first-order chi connectivity index (χ1) is 10.5. The molecule has 0 aromatic rings. The molecule has 0 bridgehead atoms. The lowest BCUT2D eigenvalue weighted by atomic mass is 10.0. The Morgan fingerprint density at radius 3 is 2.12 bits per heavy atom. The van der Waals surface area contributed by atoms with Crippen LogP contribution < -0.4 is 4.72 Å². The van der Waals surface area contributed by atoms with E-state index >= 15 is 0 Å². The first-order valence-electron chi connectivity index (χ1n) is 7.90. The van der Waals surface area contributed by atoms with Crippen LogP contribution >= 0.6 is 0 Å². The highest BCUT2D eigenvalue weighted by atomic mass is 32.2. The Morgan fingerprint density at radius 1 is 1.25 bits per heavy atom. The molecule has 0 unspecified atom stereocenters. The number of alkyl halides is 3. The normalized spacial score (nSPS) is 16.7. The highest BCUT2D eigenvalue weighted by Gasteiger charge is 2.46. The van der Waals surface area contributed by atoms with Crippen LogP contribution in [0, 0.1) is 5.92 Å². The lowest BCUT2D eigenvalue weighted by molar-refractivity contribution is -0.0449. The van der Waals surface area contributed by atoms with Gasteiger partial charge in [-0.1, -0.05) is 33.8 Å². The summed E-state index contributed by atoms with van der Waals surface area (Å²) in [4.78, 5) is 0. The number of sulfonamides is 1. The van der Waals surface area contributed by atoms with Crippen molar-refractivity contribution in [3.05, 3.63) is 12.7 Å². The van der Waals surface area contributed by atoms with Crippen molar-refractivity contribution in [1.82, 2.24) is 4.72 Å². The topological polar surface area (TPSA) is 55.4 Å². The van der Waals surface area contributed by atoms with Gasteiger partial charge in [-0.25, -0.2) is 13.1 Å². The zero-order valence-corrected chi connectivity index (χ0v) is 17.1. The molecule has 0 heterocycles. The van der Waals surface area contributed by atoms with Gasteiger partial charge in [0.2, 0.25) is 0 Å². The van der Waals surface area contributed by atoms with E-state index in [1.807, 2.05) is 0 Å². The highest BCUT2D eigenvalue weighted by Crippen LogP contribution is 2.38. The number of halogens is 3. The highest BCUT2D eigenvalue weighted by molar-refractivity contribution is 7.90. The summed E-state index contributed by atoms with van der Waals surface area (Å²) in [6.07, 6.45) is 2.62. The van der Waals surface area contributed by atoms with Gasteiger partial charge in [-0.05, 0) is 36.9 Å². The van der Waals surface area contributed by atoms with E-state index in [-0.39, 0.29) is 17.7 Å². The summed E-state index contributed by atoms with van der Waals surface area (Å²) in [5.74, 6) is -0.392. The SMILES string of the molecule is C=CCC[C@@H](O[Si](C)(C)C(C)(C)C)[C@H](C)CNS(=O)(=O)C(F)(F)F. The second-order valence-corrected chi connectivity index (χ2v) is 14.1. The molecule has 0 aliphatic rings. The molecule has 2 atom stereocenters. The van der Waals surface area contributed by atoms with Crippen LogP contribution in [-0.4, -0.2) is 34.9 Å². The summed E-state index contributed by atoms with van der Waals surface area (Å²) < 4.78 is 67.5. The van der Waals surface area contributed by atoms with E-state index in [9.17, 15) is 21.6 Å². The van der Waals surface area contributed by atoms with Crippen LogP contribution in [0.3, 0.4) is 0 Å². The summed E-state index contributed by atoms with van der Waals surface area (Å²) in [5, 5.41) is -0.0510. The molecule has 0 rings (SSSR count). The molecular formula is C15H30F3NO3SSi. The monoisotopic (exact) mass is 389 g/mol. The first-order valence-corrected chi connectivity index (χ1v) is 12.3. The largest absolute Gasteiger partial charge is 0.511 e. The second-order valence-electron chi connectivity index (χ2n) is 7.56. The number of hydrogen-bond acceptors (Lipinski definition) is 3. The van der Waals surface area contributed by atoms with Gasteiger partial charge in [-0.3, -0.25) is 0 Å². The van der Waals surface area contributed by atoms with Crippen molar-refractivity contribution in [2.45, 2.75) is 70.3 Å². The lowest BCUT2D eigenvalue weighted by Crippen LogP contribution is -2.47. The van der Waals surface area contributed by atoms with Crippen LogP contribution in [0.15, 0.2) is 12.7 Å². The van der Waals surface area contributed by atoms with Crippen LogP contribution in [0.4, 0.5) is 13.2 Å². The van der Waals surface area contributed by atoms with Crippen LogP contribution in [-0.2, 0) is 14.4 Å². The van der Waals surface area contributed by atoms with Gasteiger partial charge in [0.15, 0.2) is 8.32 Å². The van der Waals surface area contributed by atoms with E-state index in [2.05, 4.69) is 40.4 Å². The Labute approximate surface area is 145 Å². The third kappa shape index (κ3) is 6.85. The zero-order chi connectivity index (χ0) is 19.4. The van der Waals surface area contributed by atoms with Gasteiger partial charge in [-0.15, -0.1) is 6.58 Å². The van der Waals surface area contributed by atoms with Crippen LogP contribution in [0.2, 0.25) is 18.1 Å². The molecule has 1 N–H and O–H groups in total. The maximum atomic E-state index is 12.4. The second kappa shape index (κ2) is 8.33. The Bertz CT molecular complexity index is 513. The van der Waals surface area contributed by atoms with Crippen molar-refractivity contribution in [2.75, 3.05) is 6.54 Å². The van der Waals surface area contributed by atoms with Crippen molar-refractivity contribution in [2.24, 2.45) is 5.92 Å². The van der Waals surface area contributed by atoms with Crippen LogP contribution in [0.25, 0.3) is 0 Å². The predicted octanol–water partition coefficient (Wildman–Crippen LogP) is 4.42. The standard InChI is InChI=1S/C15H30F3NO3SSi/c1-8-9-10-13(22-24(6,7)14(3,4)5)12(2)11-19-23(20,21)15(16,17)18/h8,12-13,19H,1,9-11H2,2-7H3/t12-,13-/m1/s1. The molecule has 0 saturated heterocycles. The van der Waals surface area contributed by atoms with Crippen molar-refractivity contribution >= 4 is 18.3 Å². The Kier molecular flexibility index (Phi) is 8.20. The van der Waals surface area contributed by atoms with E-state index in [4.69, 9.17) is 4.43 Å². The average molecular weight is 390 g/mol. The number of nitrogens with one attached hydrogen (secondary N) is 1. The fourth-order valence-electron chi connectivity index (χ4n) is 1.75. The van der Waals surface area contributed by atoms with E-state index in [1.165, 1.54) is 0 Å². The molecule has 24 heavy (non-hydrogen) atoms.